The number of H-pyrrole nitrogens is 1. The van der Waals surface area contributed by atoms with Crippen molar-refractivity contribution in [3.8, 4) is 5.69 Å². The fourth-order valence-corrected chi connectivity index (χ4v) is 1.02. The van der Waals surface area contributed by atoms with Gasteiger partial charge in [0.25, 0.3) is 0 Å². The molecule has 0 unspecified atom stereocenters. The van der Waals surface area contributed by atoms with Crippen molar-refractivity contribution in [3.05, 3.63) is 46.9 Å². The van der Waals surface area contributed by atoms with E-state index in [1.807, 2.05) is 0 Å². The van der Waals surface area contributed by atoms with Gasteiger partial charge in [0.1, 0.15) is 12.1 Å². The van der Waals surface area contributed by atoms with Crippen LogP contribution in [0.4, 0.5) is 4.39 Å². The number of hydrogen-bond donors (Lipinski definition) is 1. The van der Waals surface area contributed by atoms with Crippen molar-refractivity contribution < 1.29 is 4.39 Å². The lowest BCUT2D eigenvalue weighted by Crippen LogP contribution is -2.15. The second-order valence-corrected chi connectivity index (χ2v) is 2.48. The van der Waals surface area contributed by atoms with Crippen molar-refractivity contribution in [2.75, 3.05) is 0 Å². The van der Waals surface area contributed by atoms with E-state index in [2.05, 4.69) is 10.1 Å². The molecule has 13 heavy (non-hydrogen) atoms. The lowest BCUT2D eigenvalue weighted by molar-refractivity contribution is 0.627. The van der Waals surface area contributed by atoms with E-state index < -0.39 is 0 Å². The molecular weight excluding hydrogens is 173 g/mol. The first kappa shape index (κ1) is 7.72. The molecule has 0 aliphatic rings. The summed E-state index contributed by atoms with van der Waals surface area (Å²) in [5.41, 5.74) is 0.194. The van der Waals surface area contributed by atoms with Gasteiger partial charge >= 0.3 is 5.69 Å². The first-order valence-corrected chi connectivity index (χ1v) is 3.66. The largest absolute Gasteiger partial charge is 0.347 e. The predicted molar refractivity (Wildman–Crippen MR) is 44.1 cm³/mol. The fraction of sp³-hybridized carbons (Fsp3) is 0. The van der Waals surface area contributed by atoms with Crippen LogP contribution in [0, 0.1) is 5.82 Å². The lowest BCUT2D eigenvalue weighted by Gasteiger charge is -1.96. The van der Waals surface area contributed by atoms with Gasteiger partial charge in [-0.2, -0.15) is 9.78 Å². The number of halogens is 1. The van der Waals surface area contributed by atoms with Crippen LogP contribution >= 0.6 is 0 Å². The maximum absolute atomic E-state index is 12.5. The number of benzene rings is 1. The van der Waals surface area contributed by atoms with Crippen LogP contribution in [0.15, 0.2) is 35.4 Å². The molecule has 0 amide bonds. The van der Waals surface area contributed by atoms with Crippen molar-refractivity contribution in [1.29, 1.82) is 0 Å². The third kappa shape index (κ3) is 1.35. The van der Waals surface area contributed by atoms with E-state index in [0.717, 1.165) is 4.68 Å². The number of nitrogens with zero attached hydrogens (tertiary/aromatic N) is 2. The monoisotopic (exact) mass is 179 g/mol. The Kier molecular flexibility index (Phi) is 1.70. The first-order valence-electron chi connectivity index (χ1n) is 3.66. The highest BCUT2D eigenvalue weighted by molar-refractivity contribution is 5.29. The Bertz CT molecular complexity index is 457. The fourth-order valence-electron chi connectivity index (χ4n) is 1.02. The minimum absolute atomic E-state index is 0.340. The summed E-state index contributed by atoms with van der Waals surface area (Å²) in [6.45, 7) is 0. The Morgan fingerprint density at radius 1 is 1.31 bits per heavy atom. The van der Waals surface area contributed by atoms with E-state index >= 15 is 0 Å². The Morgan fingerprint density at radius 3 is 2.54 bits per heavy atom. The van der Waals surface area contributed by atoms with Gasteiger partial charge in [-0.05, 0) is 24.3 Å². The van der Waals surface area contributed by atoms with E-state index in [1.165, 1.54) is 30.6 Å². The minimum atomic E-state index is -0.341. The van der Waals surface area contributed by atoms with Crippen LogP contribution in [0.25, 0.3) is 5.69 Å². The molecule has 1 aromatic carbocycles. The zero-order chi connectivity index (χ0) is 9.26. The molecule has 2 rings (SSSR count). The summed E-state index contributed by atoms with van der Waals surface area (Å²) in [7, 11) is 0. The molecule has 1 N–H and O–H groups in total. The minimum Gasteiger partial charge on any atom is -0.295 e. The van der Waals surface area contributed by atoms with E-state index in [4.69, 9.17) is 0 Å². The highest BCUT2D eigenvalue weighted by Crippen LogP contribution is 2.04. The van der Waals surface area contributed by atoms with Gasteiger partial charge in [-0.15, -0.1) is 0 Å². The molecule has 1 aromatic heterocycles. The molecule has 0 atom stereocenters. The number of nitrogens with one attached hydrogen (secondary N) is 1. The van der Waals surface area contributed by atoms with Crippen molar-refractivity contribution in [1.82, 2.24) is 14.8 Å². The second kappa shape index (κ2) is 2.85. The summed E-state index contributed by atoms with van der Waals surface area (Å²) < 4.78 is 13.7. The highest BCUT2D eigenvalue weighted by Gasteiger charge is 2.00. The molecule has 0 aliphatic carbocycles. The standard InChI is InChI=1S/C8H6FN3O/c9-6-1-3-7(4-2-6)12-8(13)10-5-11-12/h1-5H,(H,10,11,13). The molecule has 5 heteroatoms. The summed E-state index contributed by atoms with van der Waals surface area (Å²) in [5.74, 6) is -0.340. The van der Waals surface area contributed by atoms with E-state index in [0.29, 0.717) is 5.69 Å². The van der Waals surface area contributed by atoms with Gasteiger partial charge in [0.05, 0.1) is 5.69 Å². The maximum Gasteiger partial charge on any atom is 0.347 e. The summed E-state index contributed by atoms with van der Waals surface area (Å²) in [6, 6.07) is 5.52. The van der Waals surface area contributed by atoms with Crippen LogP contribution in [0.2, 0.25) is 0 Å². The summed E-state index contributed by atoms with van der Waals surface area (Å²) in [4.78, 5) is 13.4. The van der Waals surface area contributed by atoms with Crippen molar-refractivity contribution >= 4 is 0 Å². The van der Waals surface area contributed by atoms with E-state index in [1.54, 1.807) is 0 Å². The van der Waals surface area contributed by atoms with Crippen LogP contribution in [0.3, 0.4) is 0 Å². The molecule has 0 aliphatic heterocycles. The number of rotatable bonds is 1. The van der Waals surface area contributed by atoms with Crippen LogP contribution in [0.5, 0.6) is 0 Å². The Labute approximate surface area is 72.6 Å². The van der Waals surface area contributed by atoms with Crippen molar-refractivity contribution in [2.24, 2.45) is 0 Å². The topological polar surface area (TPSA) is 50.7 Å². The molecule has 0 saturated heterocycles. The normalized spacial score (nSPS) is 10.2. The zero-order valence-electron chi connectivity index (χ0n) is 6.57. The SMILES string of the molecule is O=c1[nH]cnn1-c1ccc(F)cc1. The lowest BCUT2D eigenvalue weighted by atomic mass is 10.3. The third-order valence-corrected chi connectivity index (χ3v) is 1.62. The quantitative estimate of drug-likeness (QED) is 0.700. The molecule has 4 nitrogen and oxygen atoms in total. The molecule has 0 bridgehead atoms. The van der Waals surface area contributed by atoms with Gasteiger partial charge in [-0.3, -0.25) is 4.98 Å². The molecular formula is C8H6FN3O. The average molecular weight is 179 g/mol. The Morgan fingerprint density at radius 2 is 2.00 bits per heavy atom. The molecule has 0 radical (unpaired) electrons. The van der Waals surface area contributed by atoms with E-state index in [-0.39, 0.29) is 11.5 Å². The van der Waals surface area contributed by atoms with Gasteiger partial charge in [0.2, 0.25) is 0 Å². The first-order chi connectivity index (χ1) is 6.27. The zero-order valence-corrected chi connectivity index (χ0v) is 6.57. The van der Waals surface area contributed by atoms with Crippen molar-refractivity contribution in [2.45, 2.75) is 0 Å². The summed E-state index contributed by atoms with van der Waals surface area (Å²) >= 11 is 0. The second-order valence-electron chi connectivity index (χ2n) is 2.48. The summed E-state index contributed by atoms with van der Waals surface area (Å²) in [5, 5.41) is 3.74. The predicted octanol–water partition coefficient (Wildman–Crippen LogP) is 0.700. The van der Waals surface area contributed by atoms with E-state index in [9.17, 15) is 9.18 Å². The van der Waals surface area contributed by atoms with Crippen LogP contribution in [-0.4, -0.2) is 14.8 Å². The third-order valence-electron chi connectivity index (χ3n) is 1.62. The molecule has 0 saturated carbocycles. The van der Waals surface area contributed by atoms with Crippen LogP contribution in [-0.2, 0) is 0 Å². The Hall–Kier alpha value is -1.91. The van der Waals surface area contributed by atoms with Gasteiger partial charge in [0, 0.05) is 0 Å². The maximum atomic E-state index is 12.5. The smallest absolute Gasteiger partial charge is 0.295 e. The molecule has 66 valence electrons. The van der Waals surface area contributed by atoms with Gasteiger partial charge in [0.15, 0.2) is 0 Å². The van der Waals surface area contributed by atoms with Crippen molar-refractivity contribution in [3.63, 3.8) is 0 Å². The van der Waals surface area contributed by atoms with Gasteiger partial charge < -0.3 is 0 Å². The molecule has 0 fully saturated rings. The molecule has 2 aromatic rings. The highest BCUT2D eigenvalue weighted by atomic mass is 19.1. The average Bonchev–Trinajstić information content (AvgIpc) is 2.53. The van der Waals surface area contributed by atoms with Crippen LogP contribution < -0.4 is 5.69 Å². The van der Waals surface area contributed by atoms with Crippen LogP contribution in [0.1, 0.15) is 0 Å². The molecule has 1 heterocycles. The van der Waals surface area contributed by atoms with Gasteiger partial charge in [-0.1, -0.05) is 0 Å². The number of hydrogen-bond acceptors (Lipinski definition) is 2. The molecule has 0 spiro atoms. The van der Waals surface area contributed by atoms with Gasteiger partial charge in [-0.25, -0.2) is 9.18 Å². The Balaban J connectivity index is 2.54. The number of aromatic nitrogens is 3. The number of aromatic amines is 1. The summed E-state index contributed by atoms with van der Waals surface area (Å²) in [6.07, 6.45) is 1.28.